The van der Waals surface area contributed by atoms with Gasteiger partial charge in [0, 0.05) is 23.0 Å². The molecule has 1 unspecified atom stereocenters. The van der Waals surface area contributed by atoms with Crippen LogP contribution in [0.4, 0.5) is 11.5 Å². The van der Waals surface area contributed by atoms with E-state index in [1.807, 2.05) is 6.92 Å². The maximum absolute atomic E-state index is 6.18. The van der Waals surface area contributed by atoms with Crippen LogP contribution < -0.4 is 4.90 Å². The first kappa shape index (κ1) is 13.4. The molecule has 1 aromatic carbocycles. The molecule has 0 bridgehead atoms. The fraction of sp³-hybridized carbons (Fsp3) is 0.353. The van der Waals surface area contributed by atoms with Gasteiger partial charge in [0.25, 0.3) is 0 Å². The highest BCUT2D eigenvalue weighted by atomic mass is 35.5. The molecule has 0 amide bonds. The molecule has 1 aliphatic heterocycles. The lowest BCUT2D eigenvalue weighted by atomic mass is 10.1. The summed E-state index contributed by atoms with van der Waals surface area (Å²) < 4.78 is 0. The lowest BCUT2D eigenvalue weighted by Crippen LogP contribution is -2.26. The highest BCUT2D eigenvalue weighted by molar-refractivity contribution is 6.17. The van der Waals surface area contributed by atoms with Crippen molar-refractivity contribution >= 4 is 23.1 Å². The zero-order valence-electron chi connectivity index (χ0n) is 12.2. The number of alkyl halides is 1. The third kappa shape index (κ3) is 2.08. The number of fused-ring (bicyclic) bond motifs is 1. The number of halogens is 1. The number of aromatic nitrogens is 1. The number of hydrogen-bond donors (Lipinski definition) is 0. The van der Waals surface area contributed by atoms with Crippen molar-refractivity contribution in [3.05, 3.63) is 52.7 Å². The first-order valence-corrected chi connectivity index (χ1v) is 7.55. The summed E-state index contributed by atoms with van der Waals surface area (Å²) in [4.78, 5) is 7.12. The van der Waals surface area contributed by atoms with E-state index in [9.17, 15) is 0 Å². The molecule has 2 heterocycles. The topological polar surface area (TPSA) is 16.1 Å². The average Bonchev–Trinajstić information content (AvgIpc) is 2.73. The molecule has 3 rings (SSSR count). The SMILES string of the molecule is Cc1cc(C)c(CCl)c(N2c3ccccc3CC2C)n1. The van der Waals surface area contributed by atoms with Gasteiger partial charge in [-0.05, 0) is 50.5 Å². The second kappa shape index (κ2) is 5.10. The number of nitrogens with zero attached hydrogens (tertiary/aromatic N) is 2. The van der Waals surface area contributed by atoms with Crippen LogP contribution in [0.25, 0.3) is 0 Å². The predicted octanol–water partition coefficient (Wildman–Crippen LogP) is 4.52. The normalized spacial score (nSPS) is 17.4. The standard InChI is InChI=1S/C17H19ClN2/c1-11-8-12(2)19-17(15(11)10-18)20-13(3)9-14-6-4-5-7-16(14)20/h4-8,13H,9-10H2,1-3H3. The first-order valence-electron chi connectivity index (χ1n) is 7.02. The van der Waals surface area contributed by atoms with Crippen molar-refractivity contribution < 1.29 is 0 Å². The van der Waals surface area contributed by atoms with Gasteiger partial charge in [-0.2, -0.15) is 0 Å². The summed E-state index contributed by atoms with van der Waals surface area (Å²) in [7, 11) is 0. The van der Waals surface area contributed by atoms with Gasteiger partial charge >= 0.3 is 0 Å². The minimum atomic E-state index is 0.420. The molecule has 1 aromatic heterocycles. The fourth-order valence-corrected chi connectivity index (χ4v) is 3.43. The van der Waals surface area contributed by atoms with E-state index >= 15 is 0 Å². The van der Waals surface area contributed by atoms with Gasteiger partial charge < -0.3 is 4.90 Å². The maximum atomic E-state index is 6.18. The van der Waals surface area contributed by atoms with E-state index in [0.717, 1.165) is 23.5 Å². The van der Waals surface area contributed by atoms with Crippen molar-refractivity contribution in [3.8, 4) is 0 Å². The highest BCUT2D eigenvalue weighted by Crippen LogP contribution is 2.39. The molecular formula is C17H19ClN2. The fourth-order valence-electron chi connectivity index (χ4n) is 3.10. The van der Waals surface area contributed by atoms with E-state index < -0.39 is 0 Å². The summed E-state index contributed by atoms with van der Waals surface area (Å²) in [5.41, 5.74) is 6.06. The Balaban J connectivity index is 2.19. The minimum Gasteiger partial charge on any atom is -0.323 e. The van der Waals surface area contributed by atoms with Crippen LogP contribution in [-0.2, 0) is 12.3 Å². The van der Waals surface area contributed by atoms with Crippen molar-refractivity contribution in [2.24, 2.45) is 0 Å². The van der Waals surface area contributed by atoms with Gasteiger partial charge in [0.05, 0.1) is 5.88 Å². The summed E-state index contributed by atoms with van der Waals surface area (Å²) in [5.74, 6) is 1.52. The van der Waals surface area contributed by atoms with Crippen molar-refractivity contribution in [1.82, 2.24) is 4.98 Å². The molecule has 0 radical (unpaired) electrons. The van der Waals surface area contributed by atoms with E-state index in [1.165, 1.54) is 16.8 Å². The van der Waals surface area contributed by atoms with Gasteiger partial charge in [0.2, 0.25) is 0 Å². The van der Waals surface area contributed by atoms with Crippen LogP contribution in [0.5, 0.6) is 0 Å². The minimum absolute atomic E-state index is 0.420. The van der Waals surface area contributed by atoms with E-state index in [1.54, 1.807) is 0 Å². The average molecular weight is 287 g/mol. The second-order valence-corrected chi connectivity index (χ2v) is 5.84. The molecule has 0 fully saturated rings. The number of anilines is 2. The molecule has 3 heteroatoms. The first-order chi connectivity index (χ1) is 9.61. The van der Waals surface area contributed by atoms with Crippen molar-refractivity contribution in [2.45, 2.75) is 39.1 Å². The van der Waals surface area contributed by atoms with Gasteiger partial charge in [-0.1, -0.05) is 18.2 Å². The summed E-state index contributed by atoms with van der Waals surface area (Å²) in [6.45, 7) is 6.40. The Morgan fingerprint density at radius 1 is 1.30 bits per heavy atom. The monoisotopic (exact) mass is 286 g/mol. The summed E-state index contributed by atoms with van der Waals surface area (Å²) in [5, 5.41) is 0. The smallest absolute Gasteiger partial charge is 0.138 e. The van der Waals surface area contributed by atoms with Crippen LogP contribution in [0.15, 0.2) is 30.3 Å². The summed E-state index contributed by atoms with van der Waals surface area (Å²) in [6.07, 6.45) is 1.06. The third-order valence-electron chi connectivity index (χ3n) is 4.02. The Labute approximate surface area is 125 Å². The van der Waals surface area contributed by atoms with Crippen molar-refractivity contribution in [3.63, 3.8) is 0 Å². The summed E-state index contributed by atoms with van der Waals surface area (Å²) in [6, 6.07) is 11.1. The number of pyridine rings is 1. The van der Waals surface area contributed by atoms with E-state index in [-0.39, 0.29) is 0 Å². The number of para-hydroxylation sites is 1. The molecule has 2 nitrogen and oxygen atoms in total. The summed E-state index contributed by atoms with van der Waals surface area (Å²) >= 11 is 6.18. The van der Waals surface area contributed by atoms with E-state index in [4.69, 9.17) is 16.6 Å². The van der Waals surface area contributed by atoms with Crippen LogP contribution in [0.1, 0.15) is 29.3 Å². The quantitative estimate of drug-likeness (QED) is 0.755. The Morgan fingerprint density at radius 2 is 2.05 bits per heavy atom. The van der Waals surface area contributed by atoms with Crippen LogP contribution in [0.3, 0.4) is 0 Å². The second-order valence-electron chi connectivity index (χ2n) is 5.57. The number of aryl methyl sites for hydroxylation is 2. The van der Waals surface area contributed by atoms with Crippen LogP contribution in [-0.4, -0.2) is 11.0 Å². The third-order valence-corrected chi connectivity index (χ3v) is 4.29. The van der Waals surface area contributed by atoms with Crippen LogP contribution in [0.2, 0.25) is 0 Å². The maximum Gasteiger partial charge on any atom is 0.138 e. The Morgan fingerprint density at radius 3 is 2.80 bits per heavy atom. The Kier molecular flexibility index (Phi) is 3.43. The van der Waals surface area contributed by atoms with Crippen LogP contribution >= 0.6 is 11.6 Å². The van der Waals surface area contributed by atoms with Gasteiger partial charge in [0.1, 0.15) is 5.82 Å². The molecule has 0 spiro atoms. The molecular weight excluding hydrogens is 268 g/mol. The van der Waals surface area contributed by atoms with Crippen LogP contribution in [0, 0.1) is 13.8 Å². The molecule has 20 heavy (non-hydrogen) atoms. The highest BCUT2D eigenvalue weighted by Gasteiger charge is 2.29. The number of benzene rings is 1. The molecule has 2 aromatic rings. The Hall–Kier alpha value is -1.54. The molecule has 0 saturated carbocycles. The molecule has 1 atom stereocenters. The Bertz CT molecular complexity index is 651. The largest absolute Gasteiger partial charge is 0.323 e. The lowest BCUT2D eigenvalue weighted by Gasteiger charge is -2.27. The van der Waals surface area contributed by atoms with Gasteiger partial charge in [-0.3, -0.25) is 0 Å². The molecule has 104 valence electrons. The molecule has 0 aliphatic carbocycles. The zero-order valence-corrected chi connectivity index (χ0v) is 12.9. The van der Waals surface area contributed by atoms with E-state index in [0.29, 0.717) is 11.9 Å². The zero-order chi connectivity index (χ0) is 14.3. The molecule has 1 aliphatic rings. The molecule has 0 N–H and O–H groups in total. The van der Waals surface area contributed by atoms with Gasteiger partial charge in [0.15, 0.2) is 0 Å². The molecule has 0 saturated heterocycles. The van der Waals surface area contributed by atoms with Gasteiger partial charge in [-0.15, -0.1) is 11.6 Å². The number of hydrogen-bond acceptors (Lipinski definition) is 2. The van der Waals surface area contributed by atoms with E-state index in [2.05, 4.69) is 49.1 Å². The lowest BCUT2D eigenvalue weighted by molar-refractivity contribution is 0.746. The predicted molar refractivity (Wildman–Crippen MR) is 85.0 cm³/mol. The van der Waals surface area contributed by atoms with Gasteiger partial charge in [-0.25, -0.2) is 4.98 Å². The van der Waals surface area contributed by atoms with Crippen molar-refractivity contribution in [2.75, 3.05) is 4.90 Å². The van der Waals surface area contributed by atoms with Crippen molar-refractivity contribution in [1.29, 1.82) is 0 Å². The number of rotatable bonds is 2.